The van der Waals surface area contributed by atoms with E-state index in [0.717, 1.165) is 23.5 Å². The molecule has 0 aliphatic carbocycles. The van der Waals surface area contributed by atoms with Crippen molar-refractivity contribution in [2.75, 3.05) is 5.32 Å². The van der Waals surface area contributed by atoms with Crippen molar-refractivity contribution >= 4 is 5.69 Å². The zero-order chi connectivity index (χ0) is 14.8. The second kappa shape index (κ2) is 5.67. The molecular formula is C16H23N3O. The molecule has 0 aliphatic rings. The van der Waals surface area contributed by atoms with Gasteiger partial charge < -0.3 is 10.4 Å². The van der Waals surface area contributed by atoms with Crippen molar-refractivity contribution < 1.29 is 5.11 Å². The van der Waals surface area contributed by atoms with Gasteiger partial charge in [0.2, 0.25) is 0 Å². The third-order valence-electron chi connectivity index (χ3n) is 3.21. The zero-order valence-corrected chi connectivity index (χ0v) is 12.6. The highest BCUT2D eigenvalue weighted by Gasteiger charge is 2.21. The van der Waals surface area contributed by atoms with E-state index >= 15 is 0 Å². The van der Waals surface area contributed by atoms with Crippen LogP contribution >= 0.6 is 0 Å². The van der Waals surface area contributed by atoms with Crippen LogP contribution in [0.3, 0.4) is 0 Å². The molecule has 0 atom stereocenters. The molecule has 4 heteroatoms. The lowest BCUT2D eigenvalue weighted by Crippen LogP contribution is -2.16. The molecule has 1 heterocycles. The maximum absolute atomic E-state index is 9.16. The summed E-state index contributed by atoms with van der Waals surface area (Å²) in [6.45, 7) is 7.31. The molecule has 2 rings (SSSR count). The summed E-state index contributed by atoms with van der Waals surface area (Å²) in [5.74, 6) is 0. The van der Waals surface area contributed by atoms with Gasteiger partial charge in [0.05, 0.1) is 12.3 Å². The summed E-state index contributed by atoms with van der Waals surface area (Å²) >= 11 is 0. The van der Waals surface area contributed by atoms with Crippen LogP contribution in [0.25, 0.3) is 0 Å². The molecule has 0 bridgehead atoms. The van der Waals surface area contributed by atoms with Crippen LogP contribution < -0.4 is 5.32 Å². The molecule has 0 amide bonds. The van der Waals surface area contributed by atoms with Crippen molar-refractivity contribution in [2.24, 2.45) is 7.05 Å². The molecule has 0 aliphatic heterocycles. The Bertz CT molecular complexity index is 582. The van der Waals surface area contributed by atoms with Crippen LogP contribution in [0, 0.1) is 0 Å². The molecule has 0 saturated carbocycles. The summed E-state index contributed by atoms with van der Waals surface area (Å²) < 4.78 is 1.86. The van der Waals surface area contributed by atoms with Crippen LogP contribution in [-0.2, 0) is 25.6 Å². The van der Waals surface area contributed by atoms with Gasteiger partial charge in [-0.25, -0.2) is 0 Å². The summed E-state index contributed by atoms with van der Waals surface area (Å²) in [4.78, 5) is 0. The highest BCUT2D eigenvalue weighted by molar-refractivity contribution is 5.46. The molecule has 108 valence electrons. The quantitative estimate of drug-likeness (QED) is 0.900. The highest BCUT2D eigenvalue weighted by Crippen LogP contribution is 2.24. The summed E-state index contributed by atoms with van der Waals surface area (Å²) in [7, 11) is 1.95. The molecule has 1 aromatic carbocycles. The first-order chi connectivity index (χ1) is 9.40. The molecule has 0 saturated heterocycles. The Kier molecular flexibility index (Phi) is 4.14. The van der Waals surface area contributed by atoms with Gasteiger partial charge in [0.1, 0.15) is 0 Å². The minimum Gasteiger partial charge on any atom is -0.392 e. The third kappa shape index (κ3) is 3.39. The van der Waals surface area contributed by atoms with E-state index in [2.05, 4.69) is 37.4 Å². The van der Waals surface area contributed by atoms with Crippen molar-refractivity contribution in [1.29, 1.82) is 0 Å². The van der Waals surface area contributed by atoms with Gasteiger partial charge in [-0.1, -0.05) is 32.9 Å². The van der Waals surface area contributed by atoms with Crippen molar-refractivity contribution in [1.82, 2.24) is 9.78 Å². The number of hydrogen-bond acceptors (Lipinski definition) is 3. The SMILES string of the molecule is Cn1cc(CNc2cccc(CO)c2)c(C(C)(C)C)n1. The predicted octanol–water partition coefficient (Wildman–Crippen LogP) is 2.82. The van der Waals surface area contributed by atoms with E-state index in [-0.39, 0.29) is 12.0 Å². The van der Waals surface area contributed by atoms with Gasteiger partial charge >= 0.3 is 0 Å². The van der Waals surface area contributed by atoms with Crippen molar-refractivity contribution in [3.63, 3.8) is 0 Å². The molecule has 20 heavy (non-hydrogen) atoms. The Morgan fingerprint density at radius 1 is 1.30 bits per heavy atom. The zero-order valence-electron chi connectivity index (χ0n) is 12.6. The fraction of sp³-hybridized carbons (Fsp3) is 0.438. The summed E-state index contributed by atoms with van der Waals surface area (Å²) in [6, 6.07) is 7.83. The Morgan fingerprint density at radius 3 is 2.70 bits per heavy atom. The smallest absolute Gasteiger partial charge is 0.0727 e. The molecule has 2 aromatic rings. The van der Waals surface area contributed by atoms with E-state index in [1.807, 2.05) is 36.0 Å². The average Bonchev–Trinajstić information content (AvgIpc) is 2.78. The third-order valence-corrected chi connectivity index (χ3v) is 3.21. The fourth-order valence-corrected chi connectivity index (χ4v) is 2.28. The maximum Gasteiger partial charge on any atom is 0.0727 e. The van der Waals surface area contributed by atoms with E-state index in [0.29, 0.717) is 0 Å². The van der Waals surface area contributed by atoms with E-state index in [9.17, 15) is 0 Å². The first-order valence-corrected chi connectivity index (χ1v) is 6.87. The Morgan fingerprint density at radius 2 is 2.05 bits per heavy atom. The summed E-state index contributed by atoms with van der Waals surface area (Å²) in [5.41, 5.74) is 4.28. The lowest BCUT2D eigenvalue weighted by molar-refractivity contribution is 0.282. The Hall–Kier alpha value is -1.81. The van der Waals surface area contributed by atoms with Gasteiger partial charge in [0, 0.05) is 36.5 Å². The fourth-order valence-electron chi connectivity index (χ4n) is 2.28. The van der Waals surface area contributed by atoms with Crippen molar-refractivity contribution in [3.8, 4) is 0 Å². The molecule has 0 fully saturated rings. The predicted molar refractivity (Wildman–Crippen MR) is 81.6 cm³/mol. The van der Waals surface area contributed by atoms with Crippen LogP contribution in [0.15, 0.2) is 30.5 Å². The highest BCUT2D eigenvalue weighted by atomic mass is 16.3. The summed E-state index contributed by atoms with van der Waals surface area (Å²) in [5, 5.41) is 17.1. The molecule has 1 aromatic heterocycles. The van der Waals surface area contributed by atoms with Crippen LogP contribution in [0.1, 0.15) is 37.6 Å². The number of hydrogen-bond donors (Lipinski definition) is 2. The van der Waals surface area contributed by atoms with E-state index in [4.69, 9.17) is 5.11 Å². The molecule has 0 unspecified atom stereocenters. The molecule has 2 N–H and O–H groups in total. The number of benzene rings is 1. The van der Waals surface area contributed by atoms with Crippen LogP contribution in [0.4, 0.5) is 5.69 Å². The first-order valence-electron chi connectivity index (χ1n) is 6.87. The lowest BCUT2D eigenvalue weighted by Gasteiger charge is -2.18. The largest absolute Gasteiger partial charge is 0.392 e. The number of aliphatic hydroxyl groups excluding tert-OH is 1. The maximum atomic E-state index is 9.16. The monoisotopic (exact) mass is 273 g/mol. The number of nitrogens with zero attached hydrogens (tertiary/aromatic N) is 2. The van der Waals surface area contributed by atoms with Gasteiger partial charge in [-0.2, -0.15) is 5.10 Å². The van der Waals surface area contributed by atoms with Crippen molar-refractivity contribution in [3.05, 3.63) is 47.3 Å². The van der Waals surface area contributed by atoms with E-state index < -0.39 is 0 Å². The van der Waals surface area contributed by atoms with Gasteiger partial charge in [-0.3, -0.25) is 4.68 Å². The molecular weight excluding hydrogens is 250 g/mol. The topological polar surface area (TPSA) is 50.1 Å². The number of aromatic nitrogens is 2. The second-order valence-electron chi connectivity index (χ2n) is 6.14. The van der Waals surface area contributed by atoms with E-state index in [1.165, 1.54) is 5.56 Å². The van der Waals surface area contributed by atoms with E-state index in [1.54, 1.807) is 0 Å². The lowest BCUT2D eigenvalue weighted by atomic mass is 9.89. The normalized spacial score (nSPS) is 11.7. The van der Waals surface area contributed by atoms with Gasteiger partial charge in [-0.05, 0) is 17.7 Å². The van der Waals surface area contributed by atoms with Crippen LogP contribution in [-0.4, -0.2) is 14.9 Å². The molecule has 4 nitrogen and oxygen atoms in total. The number of nitrogens with one attached hydrogen (secondary N) is 1. The Labute approximate surface area is 120 Å². The number of aryl methyl sites for hydroxylation is 1. The van der Waals surface area contributed by atoms with Gasteiger partial charge in [0.15, 0.2) is 0 Å². The number of anilines is 1. The standard InChI is InChI=1S/C16H23N3O/c1-16(2,3)15-13(10-19(4)18-15)9-17-14-7-5-6-12(8-14)11-20/h5-8,10,17,20H,9,11H2,1-4H3. The van der Waals surface area contributed by atoms with Crippen molar-refractivity contribution in [2.45, 2.75) is 39.3 Å². The van der Waals surface area contributed by atoms with Crippen LogP contribution in [0.5, 0.6) is 0 Å². The van der Waals surface area contributed by atoms with Gasteiger partial charge in [0.25, 0.3) is 0 Å². The van der Waals surface area contributed by atoms with Crippen LogP contribution in [0.2, 0.25) is 0 Å². The minimum absolute atomic E-state index is 0.0330. The van der Waals surface area contributed by atoms with Gasteiger partial charge in [-0.15, -0.1) is 0 Å². The number of aliphatic hydroxyl groups is 1. The molecule has 0 radical (unpaired) electrons. The second-order valence-corrected chi connectivity index (χ2v) is 6.14. The Balaban J connectivity index is 2.14. The average molecular weight is 273 g/mol. The first kappa shape index (κ1) is 14.6. The minimum atomic E-state index is 0.0330. The summed E-state index contributed by atoms with van der Waals surface area (Å²) in [6.07, 6.45) is 2.06. The molecule has 0 spiro atoms. The number of rotatable bonds is 4.